The summed E-state index contributed by atoms with van der Waals surface area (Å²) in [6.45, 7) is 3.15. The molecule has 3 aliphatic rings. The van der Waals surface area contributed by atoms with Gasteiger partial charge >= 0.3 is 0 Å². The molecule has 2 atom stereocenters. The summed E-state index contributed by atoms with van der Waals surface area (Å²) in [7, 11) is 0. The van der Waals surface area contributed by atoms with E-state index in [4.69, 9.17) is 0 Å². The second kappa shape index (κ2) is 6.29. The number of anilines is 1. The SMILES string of the molecule is Cc1cc2c(cc1N1CC[C@H](C=O)C1)C(=O)N(C1CCC(=O)NC1=O)C2=O. The summed E-state index contributed by atoms with van der Waals surface area (Å²) in [6.07, 6.45) is 1.93. The van der Waals surface area contributed by atoms with Gasteiger partial charge in [0, 0.05) is 31.1 Å². The van der Waals surface area contributed by atoms with Gasteiger partial charge in [-0.2, -0.15) is 0 Å². The van der Waals surface area contributed by atoms with Crippen molar-refractivity contribution in [3.63, 3.8) is 0 Å². The zero-order chi connectivity index (χ0) is 19.3. The number of imide groups is 2. The molecule has 4 amide bonds. The minimum Gasteiger partial charge on any atom is -0.371 e. The van der Waals surface area contributed by atoms with E-state index in [1.54, 1.807) is 12.1 Å². The Balaban J connectivity index is 1.66. The maximum Gasteiger partial charge on any atom is 0.262 e. The van der Waals surface area contributed by atoms with Gasteiger partial charge in [0.05, 0.1) is 11.1 Å². The van der Waals surface area contributed by atoms with Crippen molar-refractivity contribution in [3.8, 4) is 0 Å². The lowest BCUT2D eigenvalue weighted by Crippen LogP contribution is -2.54. The molecule has 0 saturated carbocycles. The number of carbonyl (C=O) groups excluding carboxylic acids is 5. The molecule has 4 rings (SSSR count). The maximum absolute atomic E-state index is 12.9. The lowest BCUT2D eigenvalue weighted by atomic mass is 10.0. The molecular formula is C19H19N3O5. The predicted molar refractivity (Wildman–Crippen MR) is 94.2 cm³/mol. The van der Waals surface area contributed by atoms with Gasteiger partial charge in [-0.25, -0.2) is 0 Å². The number of aldehydes is 1. The van der Waals surface area contributed by atoms with E-state index in [1.165, 1.54) is 0 Å². The van der Waals surface area contributed by atoms with Gasteiger partial charge in [-0.1, -0.05) is 0 Å². The van der Waals surface area contributed by atoms with E-state index in [1.807, 2.05) is 11.8 Å². The molecule has 8 nitrogen and oxygen atoms in total. The van der Waals surface area contributed by atoms with Gasteiger partial charge < -0.3 is 9.69 Å². The van der Waals surface area contributed by atoms with Crippen molar-refractivity contribution in [1.29, 1.82) is 0 Å². The largest absolute Gasteiger partial charge is 0.371 e. The number of amides is 4. The quantitative estimate of drug-likeness (QED) is 0.612. The molecule has 3 heterocycles. The highest BCUT2D eigenvalue weighted by Gasteiger charge is 2.45. The molecule has 0 aromatic heterocycles. The Morgan fingerprint density at radius 3 is 2.41 bits per heavy atom. The van der Waals surface area contributed by atoms with Crippen molar-refractivity contribution in [1.82, 2.24) is 10.2 Å². The second-order valence-electron chi connectivity index (χ2n) is 7.26. The van der Waals surface area contributed by atoms with E-state index in [0.717, 1.165) is 28.9 Å². The number of nitrogens with one attached hydrogen (secondary N) is 1. The fourth-order valence-corrected chi connectivity index (χ4v) is 4.07. The highest BCUT2D eigenvalue weighted by molar-refractivity contribution is 6.24. The Kier molecular flexibility index (Phi) is 4.05. The van der Waals surface area contributed by atoms with Crippen molar-refractivity contribution in [2.45, 2.75) is 32.2 Å². The number of carbonyl (C=O) groups is 5. The molecule has 0 aliphatic carbocycles. The summed E-state index contributed by atoms with van der Waals surface area (Å²) in [6, 6.07) is 2.39. The Hall–Kier alpha value is -3.03. The van der Waals surface area contributed by atoms with Crippen LogP contribution in [0.2, 0.25) is 0 Å². The Morgan fingerprint density at radius 1 is 1.07 bits per heavy atom. The Bertz CT molecular complexity index is 894. The van der Waals surface area contributed by atoms with Crippen molar-refractivity contribution >= 4 is 35.6 Å². The van der Waals surface area contributed by atoms with Gasteiger partial charge in [0.1, 0.15) is 12.3 Å². The normalized spacial score (nSPS) is 25.1. The molecule has 27 heavy (non-hydrogen) atoms. The molecular weight excluding hydrogens is 350 g/mol. The molecule has 2 saturated heterocycles. The minimum absolute atomic E-state index is 0.0324. The summed E-state index contributed by atoms with van der Waals surface area (Å²) in [4.78, 5) is 63.2. The van der Waals surface area contributed by atoms with Crippen molar-refractivity contribution in [2.75, 3.05) is 18.0 Å². The van der Waals surface area contributed by atoms with Crippen molar-refractivity contribution < 1.29 is 24.0 Å². The van der Waals surface area contributed by atoms with Crippen LogP contribution in [-0.4, -0.2) is 53.9 Å². The van der Waals surface area contributed by atoms with E-state index in [2.05, 4.69) is 5.32 Å². The molecule has 1 aromatic rings. The second-order valence-corrected chi connectivity index (χ2v) is 7.26. The first-order valence-electron chi connectivity index (χ1n) is 8.97. The number of hydrogen-bond donors (Lipinski definition) is 1. The average molecular weight is 369 g/mol. The summed E-state index contributed by atoms with van der Waals surface area (Å²) in [5, 5.41) is 2.19. The summed E-state index contributed by atoms with van der Waals surface area (Å²) < 4.78 is 0. The fourth-order valence-electron chi connectivity index (χ4n) is 4.07. The molecule has 1 unspecified atom stereocenters. The third kappa shape index (κ3) is 2.72. The lowest BCUT2D eigenvalue weighted by molar-refractivity contribution is -0.136. The van der Waals surface area contributed by atoms with E-state index in [0.29, 0.717) is 13.1 Å². The zero-order valence-corrected chi connectivity index (χ0v) is 14.9. The minimum atomic E-state index is -0.968. The zero-order valence-electron chi connectivity index (χ0n) is 14.9. The van der Waals surface area contributed by atoms with Gasteiger partial charge in [0.25, 0.3) is 11.8 Å². The third-order valence-corrected chi connectivity index (χ3v) is 5.51. The van der Waals surface area contributed by atoms with Gasteiger partial charge in [0.2, 0.25) is 11.8 Å². The first kappa shape index (κ1) is 17.4. The van der Waals surface area contributed by atoms with Crippen LogP contribution >= 0.6 is 0 Å². The summed E-state index contributed by atoms with van der Waals surface area (Å²) in [5.74, 6) is -2.07. The van der Waals surface area contributed by atoms with Gasteiger partial charge in [-0.05, 0) is 37.5 Å². The molecule has 0 radical (unpaired) electrons. The van der Waals surface area contributed by atoms with E-state index in [-0.39, 0.29) is 29.9 Å². The lowest BCUT2D eigenvalue weighted by Gasteiger charge is -2.27. The Morgan fingerprint density at radius 2 is 1.78 bits per heavy atom. The van der Waals surface area contributed by atoms with Crippen LogP contribution in [0.1, 0.15) is 45.5 Å². The van der Waals surface area contributed by atoms with Crippen LogP contribution in [0.5, 0.6) is 0 Å². The van der Waals surface area contributed by atoms with E-state index >= 15 is 0 Å². The molecule has 0 bridgehead atoms. The summed E-state index contributed by atoms with van der Waals surface area (Å²) >= 11 is 0. The molecule has 0 spiro atoms. The van der Waals surface area contributed by atoms with Gasteiger partial charge in [0.15, 0.2) is 0 Å². The fraction of sp³-hybridized carbons (Fsp3) is 0.421. The van der Waals surface area contributed by atoms with Crippen LogP contribution in [0.4, 0.5) is 5.69 Å². The first-order valence-corrected chi connectivity index (χ1v) is 8.97. The number of rotatable bonds is 3. The molecule has 140 valence electrons. The standard InChI is InChI=1S/C19H19N3O5/c1-10-6-12-13(7-15(10)21-5-4-11(8-21)9-23)19(27)22(18(12)26)14-2-3-16(24)20-17(14)25/h6-7,9,11,14H,2-5,8H2,1H3,(H,20,24,25)/t11-,14?/m0/s1. The smallest absolute Gasteiger partial charge is 0.262 e. The van der Waals surface area contributed by atoms with Crippen LogP contribution in [0, 0.1) is 12.8 Å². The highest BCUT2D eigenvalue weighted by Crippen LogP contribution is 2.34. The molecule has 2 fully saturated rings. The van der Waals surface area contributed by atoms with Crippen LogP contribution in [0.15, 0.2) is 12.1 Å². The molecule has 3 aliphatic heterocycles. The van der Waals surface area contributed by atoms with Crippen molar-refractivity contribution in [3.05, 3.63) is 28.8 Å². The Labute approximate surface area is 155 Å². The van der Waals surface area contributed by atoms with Gasteiger partial charge in [-0.3, -0.25) is 29.4 Å². The topological polar surface area (TPSA) is 104 Å². The first-order chi connectivity index (χ1) is 12.9. The molecule has 1 aromatic carbocycles. The van der Waals surface area contributed by atoms with Crippen LogP contribution < -0.4 is 10.2 Å². The number of benzene rings is 1. The number of aryl methyl sites for hydroxylation is 1. The average Bonchev–Trinajstić information content (AvgIpc) is 3.19. The molecule has 8 heteroatoms. The molecule has 1 N–H and O–H groups in total. The van der Waals surface area contributed by atoms with Crippen LogP contribution in [0.3, 0.4) is 0 Å². The van der Waals surface area contributed by atoms with E-state index < -0.39 is 29.7 Å². The van der Waals surface area contributed by atoms with Crippen molar-refractivity contribution in [2.24, 2.45) is 5.92 Å². The number of piperidine rings is 1. The maximum atomic E-state index is 12.9. The monoisotopic (exact) mass is 369 g/mol. The predicted octanol–water partition coefficient (Wildman–Crippen LogP) is 0.421. The van der Waals surface area contributed by atoms with Crippen LogP contribution in [-0.2, 0) is 14.4 Å². The highest BCUT2D eigenvalue weighted by atomic mass is 16.2. The van der Waals surface area contributed by atoms with E-state index in [9.17, 15) is 24.0 Å². The number of hydrogen-bond acceptors (Lipinski definition) is 6. The van der Waals surface area contributed by atoms with Gasteiger partial charge in [-0.15, -0.1) is 0 Å². The summed E-state index contributed by atoms with van der Waals surface area (Å²) in [5.41, 5.74) is 2.20. The van der Waals surface area contributed by atoms with Crippen LogP contribution in [0.25, 0.3) is 0 Å². The number of fused-ring (bicyclic) bond motifs is 1. The number of nitrogens with zero attached hydrogens (tertiary/aromatic N) is 2. The third-order valence-electron chi connectivity index (χ3n) is 5.51.